The third kappa shape index (κ3) is 6.38. The lowest BCUT2D eigenvalue weighted by molar-refractivity contribution is -0.121. The molecular formula is C6H14O4P+. The van der Waals surface area contributed by atoms with Crippen molar-refractivity contribution in [3.8, 4) is 0 Å². The maximum atomic E-state index is 10.3. The van der Waals surface area contributed by atoms with Gasteiger partial charge in [-0.2, -0.15) is 4.89 Å². The highest BCUT2D eigenvalue weighted by atomic mass is 31.1. The van der Waals surface area contributed by atoms with Crippen LogP contribution in [-0.2, 0) is 14.0 Å². The molecule has 5 heteroatoms. The van der Waals surface area contributed by atoms with Crippen molar-refractivity contribution in [2.75, 3.05) is 19.4 Å². The summed E-state index contributed by atoms with van der Waals surface area (Å²) in [6, 6.07) is 0. The van der Waals surface area contributed by atoms with E-state index in [4.69, 9.17) is 14.4 Å². The van der Waals surface area contributed by atoms with Gasteiger partial charge in [0, 0.05) is 13.2 Å². The number of hydrogen-bond donors (Lipinski definition) is 1. The molecule has 0 saturated carbocycles. The van der Waals surface area contributed by atoms with Gasteiger partial charge in [0.2, 0.25) is 12.5 Å². The van der Waals surface area contributed by atoms with E-state index in [9.17, 15) is 4.57 Å². The maximum Gasteiger partial charge on any atom is 0.510 e. The average molecular weight is 181 g/mol. The van der Waals surface area contributed by atoms with Gasteiger partial charge < -0.3 is 9.47 Å². The van der Waals surface area contributed by atoms with Crippen molar-refractivity contribution in [3.05, 3.63) is 0 Å². The average Bonchev–Trinajstić information content (AvgIpc) is 1.87. The molecule has 66 valence electrons. The summed E-state index contributed by atoms with van der Waals surface area (Å²) >= 11 is 0. The molecule has 0 rings (SSSR count). The van der Waals surface area contributed by atoms with Crippen LogP contribution in [0, 0.1) is 0 Å². The number of ether oxygens (including phenoxy) is 2. The molecular weight excluding hydrogens is 167 g/mol. The predicted molar refractivity (Wildman–Crippen MR) is 41.7 cm³/mol. The largest absolute Gasteiger partial charge is 0.510 e. The third-order valence-electron chi connectivity index (χ3n) is 1.01. The minimum absolute atomic E-state index is 0.0526. The highest BCUT2D eigenvalue weighted by Gasteiger charge is 2.21. The van der Waals surface area contributed by atoms with Gasteiger partial charge in [-0.1, -0.05) is 0 Å². The molecule has 0 aromatic heterocycles. The van der Waals surface area contributed by atoms with Crippen molar-refractivity contribution in [1.29, 1.82) is 0 Å². The lowest BCUT2D eigenvalue weighted by Gasteiger charge is -2.10. The van der Waals surface area contributed by atoms with Crippen LogP contribution in [0.5, 0.6) is 0 Å². The fourth-order valence-electron chi connectivity index (χ4n) is 0.653. The van der Waals surface area contributed by atoms with E-state index in [0.717, 1.165) is 0 Å². The summed E-state index contributed by atoms with van der Waals surface area (Å²) in [6.45, 7) is 4.62. The standard InChI is InChI=1S/C6H13O4P/c1-3-9-6(10-4-2)5-11(7)8/h6H,3-5H2,1-2H3/p+1. The SMILES string of the molecule is CCOC(C[P+](=O)O)OCC. The van der Waals surface area contributed by atoms with Crippen molar-refractivity contribution >= 4 is 8.03 Å². The fraction of sp³-hybridized carbons (Fsp3) is 1.00. The van der Waals surface area contributed by atoms with Crippen LogP contribution in [0.2, 0.25) is 0 Å². The van der Waals surface area contributed by atoms with E-state index in [1.54, 1.807) is 0 Å². The molecule has 11 heavy (non-hydrogen) atoms. The summed E-state index contributed by atoms with van der Waals surface area (Å²) in [6.07, 6.45) is -0.476. The van der Waals surface area contributed by atoms with Gasteiger partial charge >= 0.3 is 8.03 Å². The molecule has 0 aliphatic rings. The zero-order valence-electron chi connectivity index (χ0n) is 6.82. The zero-order chi connectivity index (χ0) is 8.69. The van der Waals surface area contributed by atoms with Crippen LogP contribution < -0.4 is 0 Å². The highest BCUT2D eigenvalue weighted by Crippen LogP contribution is 2.16. The normalized spacial score (nSPS) is 12.2. The van der Waals surface area contributed by atoms with Gasteiger partial charge in [-0.05, 0) is 18.4 Å². The van der Waals surface area contributed by atoms with Crippen LogP contribution in [0.4, 0.5) is 0 Å². The minimum Gasteiger partial charge on any atom is -0.349 e. The van der Waals surface area contributed by atoms with Crippen molar-refractivity contribution in [1.82, 2.24) is 0 Å². The Morgan fingerprint density at radius 2 is 1.82 bits per heavy atom. The first-order chi connectivity index (χ1) is 5.20. The summed E-state index contributed by atoms with van der Waals surface area (Å²) in [4.78, 5) is 8.53. The second kappa shape index (κ2) is 6.68. The Kier molecular flexibility index (Phi) is 6.66. The zero-order valence-corrected chi connectivity index (χ0v) is 7.71. The summed E-state index contributed by atoms with van der Waals surface area (Å²) in [7, 11) is -2.16. The molecule has 0 amide bonds. The first-order valence-electron chi connectivity index (χ1n) is 3.57. The third-order valence-corrected chi connectivity index (χ3v) is 1.62. The molecule has 0 bridgehead atoms. The molecule has 0 radical (unpaired) electrons. The van der Waals surface area contributed by atoms with Crippen LogP contribution in [0.15, 0.2) is 0 Å². The van der Waals surface area contributed by atoms with Crippen LogP contribution in [0.3, 0.4) is 0 Å². The van der Waals surface area contributed by atoms with Gasteiger partial charge in [-0.3, -0.25) is 0 Å². The van der Waals surface area contributed by atoms with Crippen molar-refractivity contribution in [2.24, 2.45) is 0 Å². The van der Waals surface area contributed by atoms with Crippen LogP contribution >= 0.6 is 8.03 Å². The molecule has 1 N–H and O–H groups in total. The van der Waals surface area contributed by atoms with Gasteiger partial charge in [-0.25, -0.2) is 0 Å². The van der Waals surface area contributed by atoms with Crippen molar-refractivity contribution < 1.29 is 18.9 Å². The Labute approximate surface area is 67.4 Å². The second-order valence-electron chi connectivity index (χ2n) is 1.87. The van der Waals surface area contributed by atoms with Gasteiger partial charge in [0.1, 0.15) is 0 Å². The monoisotopic (exact) mass is 181 g/mol. The van der Waals surface area contributed by atoms with Gasteiger partial charge in [0.05, 0.1) is 0 Å². The van der Waals surface area contributed by atoms with Crippen LogP contribution in [0.1, 0.15) is 13.8 Å². The summed E-state index contributed by atoms with van der Waals surface area (Å²) in [5.74, 6) is 0. The molecule has 0 aliphatic carbocycles. The maximum absolute atomic E-state index is 10.3. The molecule has 0 aliphatic heterocycles. The molecule has 0 heterocycles. The van der Waals surface area contributed by atoms with E-state index in [0.29, 0.717) is 13.2 Å². The molecule has 0 aromatic carbocycles. The van der Waals surface area contributed by atoms with Crippen LogP contribution in [-0.4, -0.2) is 30.6 Å². The van der Waals surface area contributed by atoms with E-state index in [1.807, 2.05) is 13.8 Å². The Balaban J connectivity index is 3.59. The second-order valence-corrected chi connectivity index (χ2v) is 2.94. The van der Waals surface area contributed by atoms with E-state index in [-0.39, 0.29) is 6.16 Å². The predicted octanol–water partition coefficient (Wildman–Crippen LogP) is 1.12. The lowest BCUT2D eigenvalue weighted by atomic mass is 10.7. The van der Waals surface area contributed by atoms with E-state index in [1.165, 1.54) is 0 Å². The number of hydrogen-bond acceptors (Lipinski definition) is 3. The Morgan fingerprint density at radius 3 is 2.09 bits per heavy atom. The van der Waals surface area contributed by atoms with Gasteiger partial charge in [0.25, 0.3) is 0 Å². The summed E-state index contributed by atoms with van der Waals surface area (Å²) < 4.78 is 20.4. The smallest absolute Gasteiger partial charge is 0.349 e. The highest BCUT2D eigenvalue weighted by molar-refractivity contribution is 7.38. The van der Waals surface area contributed by atoms with E-state index >= 15 is 0 Å². The molecule has 0 saturated heterocycles. The first kappa shape index (κ1) is 11.0. The number of rotatable bonds is 6. The molecule has 4 nitrogen and oxygen atoms in total. The molecule has 1 unspecified atom stereocenters. The topological polar surface area (TPSA) is 55.8 Å². The van der Waals surface area contributed by atoms with Crippen molar-refractivity contribution in [3.63, 3.8) is 0 Å². The summed E-state index contributed by atoms with van der Waals surface area (Å²) in [5.41, 5.74) is 0. The lowest BCUT2D eigenvalue weighted by Crippen LogP contribution is -2.19. The van der Waals surface area contributed by atoms with Crippen molar-refractivity contribution in [2.45, 2.75) is 20.1 Å². The molecule has 0 fully saturated rings. The van der Waals surface area contributed by atoms with Crippen LogP contribution in [0.25, 0.3) is 0 Å². The first-order valence-corrected chi connectivity index (χ1v) is 4.97. The Hall–Kier alpha value is -0.0200. The molecule has 0 spiro atoms. The summed E-state index contributed by atoms with van der Waals surface area (Å²) in [5, 5.41) is 0. The van der Waals surface area contributed by atoms with E-state index < -0.39 is 14.3 Å². The van der Waals surface area contributed by atoms with E-state index in [2.05, 4.69) is 0 Å². The fourth-order valence-corrected chi connectivity index (χ4v) is 1.12. The molecule has 1 atom stereocenters. The Morgan fingerprint density at radius 1 is 1.36 bits per heavy atom. The Bertz CT molecular complexity index is 111. The minimum atomic E-state index is -2.16. The van der Waals surface area contributed by atoms with Gasteiger partial charge in [0.15, 0.2) is 0 Å². The van der Waals surface area contributed by atoms with Gasteiger partial charge in [-0.15, -0.1) is 0 Å². The quantitative estimate of drug-likeness (QED) is 0.492. The molecule has 0 aromatic rings.